The van der Waals surface area contributed by atoms with Gasteiger partial charge in [0.2, 0.25) is 5.91 Å². The number of allylic oxidation sites excluding steroid dienone is 1. The minimum atomic E-state index is -0.129. The molecule has 1 aromatic rings. The average molecular weight is 552 g/mol. The molecular formula is C31H54ClN3O3. The highest BCUT2D eigenvalue weighted by Gasteiger charge is 2.40. The van der Waals surface area contributed by atoms with Crippen LogP contribution < -0.4 is 5.32 Å². The number of halogens is 1. The molecule has 38 heavy (non-hydrogen) atoms. The largest absolute Gasteiger partial charge is 0.412 e. The lowest BCUT2D eigenvalue weighted by atomic mass is 9.70. The number of nitrogens with zero attached hydrogens (tertiary/aromatic N) is 2. The van der Waals surface area contributed by atoms with Crippen molar-refractivity contribution < 1.29 is 15.7 Å². The van der Waals surface area contributed by atoms with E-state index in [1.165, 1.54) is 50.8 Å². The molecule has 2 aliphatic heterocycles. The number of piperidine rings is 1. The number of hydrogen-bond donors (Lipinski definition) is 1. The van der Waals surface area contributed by atoms with Crippen LogP contribution in [0, 0.1) is 17.3 Å². The molecule has 3 unspecified atom stereocenters. The zero-order valence-electron chi connectivity index (χ0n) is 23.3. The zero-order chi connectivity index (χ0) is 25.0. The lowest BCUT2D eigenvalue weighted by Crippen LogP contribution is -2.57. The smallest absolute Gasteiger partial charge is 0.239 e. The van der Waals surface area contributed by atoms with E-state index in [2.05, 4.69) is 67.1 Å². The van der Waals surface area contributed by atoms with Gasteiger partial charge in [0.05, 0.1) is 6.04 Å². The molecule has 0 bridgehead atoms. The Hall–Kier alpha value is -1.44. The van der Waals surface area contributed by atoms with Crippen molar-refractivity contribution in [1.29, 1.82) is 0 Å². The van der Waals surface area contributed by atoms with E-state index in [0.717, 1.165) is 31.1 Å². The third kappa shape index (κ3) is 8.28. The lowest BCUT2D eigenvalue weighted by Gasteiger charge is -2.46. The number of carbonyl (C=O) groups is 1. The van der Waals surface area contributed by atoms with Gasteiger partial charge in [-0.1, -0.05) is 71.0 Å². The summed E-state index contributed by atoms with van der Waals surface area (Å²) >= 11 is 6.13. The van der Waals surface area contributed by atoms with Crippen molar-refractivity contribution in [3.8, 4) is 0 Å². The molecule has 0 spiro atoms. The number of likely N-dealkylation sites (tertiary alicyclic amines) is 2. The standard InChI is InChI=1S/C30H46ClN3O.CH4.2H2O/c1-22(2)28(32-20-27(33-17-8-9-18-33)24-10-6-5-7-11-24)29(35)34-19-16-26(30(3,4)21-34)23-12-14-25(31)15-13-23;;;/h6,10,12-15,22,24,26-28,32H,5,7-9,11,16-21H2,1-4H3;1H4;2*1H2/t24?,26?,27?,28-;;;/m1.../s1. The van der Waals surface area contributed by atoms with Crippen LogP contribution in [0.1, 0.15) is 85.1 Å². The number of rotatable bonds is 8. The Bertz CT molecular complexity index is 868. The van der Waals surface area contributed by atoms with Gasteiger partial charge < -0.3 is 21.2 Å². The topological polar surface area (TPSA) is 98.6 Å². The minimum absolute atomic E-state index is 0. The molecule has 2 heterocycles. The van der Waals surface area contributed by atoms with E-state index in [1.54, 1.807) is 0 Å². The van der Waals surface area contributed by atoms with Gasteiger partial charge in [-0.3, -0.25) is 9.69 Å². The van der Waals surface area contributed by atoms with Crippen molar-refractivity contribution in [2.75, 3.05) is 32.7 Å². The van der Waals surface area contributed by atoms with Crippen molar-refractivity contribution in [1.82, 2.24) is 15.1 Å². The van der Waals surface area contributed by atoms with Crippen LogP contribution in [0.4, 0.5) is 0 Å². The summed E-state index contributed by atoms with van der Waals surface area (Å²) in [5.74, 6) is 1.58. The Morgan fingerprint density at radius 2 is 1.71 bits per heavy atom. The van der Waals surface area contributed by atoms with Gasteiger partial charge in [0.15, 0.2) is 0 Å². The maximum Gasteiger partial charge on any atom is 0.239 e. The van der Waals surface area contributed by atoms with Gasteiger partial charge in [0, 0.05) is 30.7 Å². The predicted octanol–water partition coefficient (Wildman–Crippen LogP) is 5.10. The number of nitrogens with one attached hydrogen (secondary N) is 1. The van der Waals surface area contributed by atoms with Crippen LogP contribution in [0.15, 0.2) is 36.4 Å². The van der Waals surface area contributed by atoms with Crippen molar-refractivity contribution >= 4 is 17.5 Å². The maximum atomic E-state index is 13.8. The van der Waals surface area contributed by atoms with Gasteiger partial charge in [-0.15, -0.1) is 0 Å². The number of hydrogen-bond acceptors (Lipinski definition) is 3. The van der Waals surface area contributed by atoms with Crippen LogP contribution in [0.2, 0.25) is 5.02 Å². The summed E-state index contributed by atoms with van der Waals surface area (Å²) in [6, 6.07) is 8.65. The van der Waals surface area contributed by atoms with Crippen LogP contribution >= 0.6 is 11.6 Å². The van der Waals surface area contributed by atoms with Gasteiger partial charge in [-0.25, -0.2) is 0 Å². The zero-order valence-corrected chi connectivity index (χ0v) is 24.1. The maximum absolute atomic E-state index is 13.8. The first-order valence-electron chi connectivity index (χ1n) is 13.9. The molecule has 0 aromatic heterocycles. The molecule has 1 amide bonds. The Labute approximate surface area is 236 Å². The number of carbonyl (C=O) groups excluding carboxylic acids is 1. The third-order valence-corrected chi connectivity index (χ3v) is 8.94. The van der Waals surface area contributed by atoms with Crippen molar-refractivity contribution in [2.24, 2.45) is 17.3 Å². The summed E-state index contributed by atoms with van der Waals surface area (Å²) in [4.78, 5) is 18.7. The average Bonchev–Trinajstić information content (AvgIpc) is 3.36. The molecule has 1 aromatic carbocycles. The van der Waals surface area contributed by atoms with E-state index < -0.39 is 0 Å². The molecule has 3 aliphatic rings. The van der Waals surface area contributed by atoms with Crippen LogP contribution in [0.3, 0.4) is 0 Å². The Morgan fingerprint density at radius 3 is 2.26 bits per heavy atom. The summed E-state index contributed by atoms with van der Waals surface area (Å²) < 4.78 is 0. The SMILES string of the molecule is C.CC(C)[C@@H](NCC(C1C=CCCC1)N1CCCC1)C(=O)N1CCC(c2ccc(Cl)cc2)C(C)(C)C1.O.O. The van der Waals surface area contributed by atoms with E-state index in [0.29, 0.717) is 17.9 Å². The fourth-order valence-electron chi connectivity index (χ4n) is 6.69. The first-order chi connectivity index (χ1) is 16.8. The molecule has 5 N–H and O–H groups in total. The van der Waals surface area contributed by atoms with E-state index >= 15 is 0 Å². The highest BCUT2D eigenvalue weighted by atomic mass is 35.5. The van der Waals surface area contributed by atoms with Crippen LogP contribution in [-0.4, -0.2) is 71.5 Å². The molecule has 218 valence electrons. The fourth-order valence-corrected chi connectivity index (χ4v) is 6.82. The highest BCUT2D eigenvalue weighted by molar-refractivity contribution is 6.30. The predicted molar refractivity (Wildman–Crippen MR) is 161 cm³/mol. The lowest BCUT2D eigenvalue weighted by molar-refractivity contribution is -0.138. The summed E-state index contributed by atoms with van der Waals surface area (Å²) in [6.45, 7) is 13.9. The van der Waals surface area contributed by atoms with E-state index in [-0.39, 0.29) is 41.7 Å². The van der Waals surface area contributed by atoms with Gasteiger partial charge >= 0.3 is 0 Å². The Morgan fingerprint density at radius 1 is 1.05 bits per heavy atom. The van der Waals surface area contributed by atoms with Crippen LogP contribution in [0.25, 0.3) is 0 Å². The quantitative estimate of drug-likeness (QED) is 0.455. The second kappa shape index (κ2) is 15.4. The Balaban J connectivity index is 0.00000241. The molecule has 4 rings (SSSR count). The molecule has 4 atom stereocenters. The second-order valence-corrected chi connectivity index (χ2v) is 12.5. The summed E-state index contributed by atoms with van der Waals surface area (Å²) in [7, 11) is 0. The van der Waals surface area contributed by atoms with Gasteiger partial charge in [-0.05, 0) is 92.5 Å². The van der Waals surface area contributed by atoms with Crippen LogP contribution in [-0.2, 0) is 4.79 Å². The fraction of sp³-hybridized carbons (Fsp3) is 0.710. The summed E-state index contributed by atoms with van der Waals surface area (Å²) in [5.41, 5.74) is 1.35. The molecular weight excluding hydrogens is 498 g/mol. The number of benzene rings is 1. The Kier molecular flexibility index (Phi) is 14.0. The summed E-state index contributed by atoms with van der Waals surface area (Å²) in [6.07, 6.45) is 12.2. The van der Waals surface area contributed by atoms with E-state index in [9.17, 15) is 4.79 Å². The van der Waals surface area contributed by atoms with Crippen molar-refractivity contribution in [3.63, 3.8) is 0 Å². The third-order valence-electron chi connectivity index (χ3n) is 8.69. The molecule has 2 saturated heterocycles. The normalized spacial score (nSPS) is 24.6. The van der Waals surface area contributed by atoms with Gasteiger partial charge in [0.25, 0.3) is 0 Å². The molecule has 1 aliphatic carbocycles. The molecule has 7 heteroatoms. The van der Waals surface area contributed by atoms with Crippen molar-refractivity contribution in [2.45, 2.75) is 91.6 Å². The van der Waals surface area contributed by atoms with Gasteiger partial charge in [-0.2, -0.15) is 0 Å². The number of amides is 1. The molecule has 0 saturated carbocycles. The molecule has 2 fully saturated rings. The van der Waals surface area contributed by atoms with Crippen molar-refractivity contribution in [3.05, 3.63) is 47.0 Å². The monoisotopic (exact) mass is 551 g/mol. The van der Waals surface area contributed by atoms with E-state index in [1.807, 2.05) is 12.1 Å². The first-order valence-corrected chi connectivity index (χ1v) is 14.3. The van der Waals surface area contributed by atoms with E-state index in [4.69, 9.17) is 11.6 Å². The van der Waals surface area contributed by atoms with Gasteiger partial charge in [0.1, 0.15) is 0 Å². The summed E-state index contributed by atoms with van der Waals surface area (Å²) in [5, 5.41) is 4.56. The first kappa shape index (κ1) is 34.6. The molecule has 6 nitrogen and oxygen atoms in total. The second-order valence-electron chi connectivity index (χ2n) is 12.1. The molecule has 0 radical (unpaired) electrons. The highest BCUT2D eigenvalue weighted by Crippen LogP contribution is 2.42. The minimum Gasteiger partial charge on any atom is -0.412 e. The van der Waals surface area contributed by atoms with Crippen LogP contribution in [0.5, 0.6) is 0 Å².